The minimum atomic E-state index is -4.68. The van der Waals surface area contributed by atoms with Crippen LogP contribution < -0.4 is 5.56 Å². The van der Waals surface area contributed by atoms with Crippen LogP contribution in [-0.2, 0) is 12.7 Å². The lowest BCUT2D eigenvalue weighted by atomic mass is 9.84. The maximum absolute atomic E-state index is 13.5. The number of pyridine rings is 2. The van der Waals surface area contributed by atoms with Gasteiger partial charge in [0, 0.05) is 11.8 Å². The highest BCUT2D eigenvalue weighted by atomic mass is 19.4. The molecular weight excluding hydrogens is 522 g/mol. The molecule has 1 aliphatic rings. The molecule has 0 saturated heterocycles. The molecule has 5 rings (SSSR count). The van der Waals surface area contributed by atoms with Crippen LogP contribution in [0, 0.1) is 12.7 Å². The van der Waals surface area contributed by atoms with E-state index in [1.54, 1.807) is 6.07 Å². The molecule has 0 radical (unpaired) electrons. The van der Waals surface area contributed by atoms with Crippen molar-refractivity contribution in [3.05, 3.63) is 99.1 Å². The summed E-state index contributed by atoms with van der Waals surface area (Å²) in [4.78, 5) is 25.0. The van der Waals surface area contributed by atoms with Crippen LogP contribution in [0.3, 0.4) is 0 Å². The van der Waals surface area contributed by atoms with Gasteiger partial charge >= 0.3 is 6.18 Å². The Hall–Kier alpha value is -3.76. The molecule has 0 amide bonds. The second-order valence-corrected chi connectivity index (χ2v) is 9.42. The Morgan fingerprint density at radius 3 is 2.38 bits per heavy atom. The number of halogens is 6. The molecule has 0 aliphatic heterocycles. The van der Waals surface area contributed by atoms with E-state index in [9.17, 15) is 31.1 Å². The molecular formula is C28H26F6N4O. The summed E-state index contributed by atoms with van der Waals surface area (Å²) in [6.07, 6.45) is -0.996. The first-order valence-electron chi connectivity index (χ1n) is 12.5. The van der Waals surface area contributed by atoms with Crippen molar-refractivity contribution in [2.75, 3.05) is 0 Å². The number of rotatable bonds is 4. The third kappa shape index (κ3) is 6.82. The van der Waals surface area contributed by atoms with E-state index in [4.69, 9.17) is 0 Å². The first kappa shape index (κ1) is 28.3. The van der Waals surface area contributed by atoms with Crippen LogP contribution in [0.4, 0.5) is 26.3 Å². The van der Waals surface area contributed by atoms with Gasteiger partial charge in [0.1, 0.15) is 17.0 Å². The van der Waals surface area contributed by atoms with E-state index in [2.05, 4.69) is 15.0 Å². The van der Waals surface area contributed by atoms with Crippen molar-refractivity contribution in [2.24, 2.45) is 0 Å². The van der Waals surface area contributed by atoms with Gasteiger partial charge in [-0.2, -0.15) is 13.2 Å². The predicted octanol–water partition coefficient (Wildman–Crippen LogP) is 7.37. The number of nitrogens with zero attached hydrogens (tertiary/aromatic N) is 4. The maximum Gasteiger partial charge on any atom is 0.418 e. The Bertz CT molecular complexity index is 1480. The van der Waals surface area contributed by atoms with Crippen LogP contribution in [0.2, 0.25) is 0 Å². The molecule has 5 nitrogen and oxygen atoms in total. The molecule has 39 heavy (non-hydrogen) atoms. The molecule has 1 aromatic carbocycles. The third-order valence-electron chi connectivity index (χ3n) is 6.59. The zero-order chi connectivity index (χ0) is 28.2. The molecule has 11 heteroatoms. The number of aromatic nitrogens is 4. The summed E-state index contributed by atoms with van der Waals surface area (Å²) in [5, 5.41) is 0. The van der Waals surface area contributed by atoms with Gasteiger partial charge < -0.3 is 0 Å². The summed E-state index contributed by atoms with van der Waals surface area (Å²) in [5.41, 5.74) is -1.17. The van der Waals surface area contributed by atoms with Gasteiger partial charge in [-0.25, -0.2) is 18.2 Å². The zero-order valence-corrected chi connectivity index (χ0v) is 21.1. The van der Waals surface area contributed by atoms with Gasteiger partial charge in [0.05, 0.1) is 24.0 Å². The molecule has 206 valence electrons. The van der Waals surface area contributed by atoms with Gasteiger partial charge in [-0.1, -0.05) is 31.4 Å². The van der Waals surface area contributed by atoms with Gasteiger partial charge in [0.2, 0.25) is 0 Å². The van der Waals surface area contributed by atoms with Gasteiger partial charge in [-0.15, -0.1) is 0 Å². The summed E-state index contributed by atoms with van der Waals surface area (Å²) < 4.78 is 79.9. The second kappa shape index (κ2) is 12.0. The molecule has 1 saturated carbocycles. The molecule has 3 heterocycles. The van der Waals surface area contributed by atoms with Gasteiger partial charge in [0.25, 0.3) is 12.0 Å². The quantitative estimate of drug-likeness (QED) is 0.250. The average molecular weight is 549 g/mol. The van der Waals surface area contributed by atoms with Gasteiger partial charge in [-0.05, 0) is 61.6 Å². The van der Waals surface area contributed by atoms with E-state index >= 15 is 0 Å². The van der Waals surface area contributed by atoms with Crippen molar-refractivity contribution in [3.8, 4) is 0 Å². The molecule has 0 N–H and O–H groups in total. The summed E-state index contributed by atoms with van der Waals surface area (Å²) in [6.45, 7) is 1.32. The third-order valence-corrected chi connectivity index (χ3v) is 6.59. The molecule has 3 aromatic heterocycles. The van der Waals surface area contributed by atoms with Gasteiger partial charge in [-0.3, -0.25) is 19.3 Å². The number of hydrogen-bond acceptors (Lipinski definition) is 4. The fraction of sp³-hybridized carbons (Fsp3) is 0.357. The van der Waals surface area contributed by atoms with Crippen molar-refractivity contribution in [2.45, 2.75) is 64.1 Å². The van der Waals surface area contributed by atoms with Crippen molar-refractivity contribution in [3.63, 3.8) is 0 Å². The smallest absolute Gasteiger partial charge is 0.285 e. The topological polar surface area (TPSA) is 60.7 Å². The highest BCUT2D eigenvalue weighted by molar-refractivity contribution is 5.71. The lowest BCUT2D eigenvalue weighted by molar-refractivity contribution is -0.138. The fourth-order valence-corrected chi connectivity index (χ4v) is 4.70. The van der Waals surface area contributed by atoms with Crippen LogP contribution in [-0.4, -0.2) is 19.5 Å². The number of benzene rings is 1. The van der Waals surface area contributed by atoms with Gasteiger partial charge in [0.15, 0.2) is 5.65 Å². The number of aryl methyl sites for hydroxylation is 1. The average Bonchev–Trinajstić information content (AvgIpc) is 2.90. The van der Waals surface area contributed by atoms with Crippen LogP contribution in [0.5, 0.6) is 0 Å². The number of fused-ring (bicyclic) bond motifs is 1. The lowest BCUT2D eigenvalue weighted by Gasteiger charge is -2.23. The Morgan fingerprint density at radius 1 is 1.03 bits per heavy atom. The minimum absolute atomic E-state index is 0.0562. The van der Waals surface area contributed by atoms with E-state index < -0.39 is 36.0 Å². The van der Waals surface area contributed by atoms with Crippen molar-refractivity contribution in [1.29, 1.82) is 0 Å². The molecule has 0 spiro atoms. The van der Waals surface area contributed by atoms with Crippen LogP contribution in [0.15, 0.2) is 59.7 Å². The van der Waals surface area contributed by atoms with E-state index in [0.29, 0.717) is 5.56 Å². The number of hydrogen-bond donors (Lipinski definition) is 0. The van der Waals surface area contributed by atoms with Crippen molar-refractivity contribution in [1.82, 2.24) is 19.5 Å². The Morgan fingerprint density at radius 2 is 1.77 bits per heavy atom. The first-order chi connectivity index (χ1) is 18.5. The highest BCUT2D eigenvalue weighted by Crippen LogP contribution is 2.33. The van der Waals surface area contributed by atoms with E-state index in [1.807, 2.05) is 13.0 Å². The van der Waals surface area contributed by atoms with Crippen molar-refractivity contribution >= 4 is 11.2 Å². The lowest BCUT2D eigenvalue weighted by Crippen LogP contribution is -2.29. The van der Waals surface area contributed by atoms with Crippen LogP contribution >= 0.6 is 0 Å². The SMILES string of the molecule is Cc1cccc(F)c1.O=c1c(C2CCCCC2)cc2ncc(C(F)F)nc2n1Cc1ncccc1C(F)(F)F. The first-order valence-corrected chi connectivity index (χ1v) is 12.5. The second-order valence-electron chi connectivity index (χ2n) is 9.42. The fourth-order valence-electron chi connectivity index (χ4n) is 4.70. The summed E-state index contributed by atoms with van der Waals surface area (Å²) in [6, 6.07) is 10.1. The normalized spacial score (nSPS) is 14.4. The highest BCUT2D eigenvalue weighted by Gasteiger charge is 2.34. The zero-order valence-electron chi connectivity index (χ0n) is 21.1. The Balaban J connectivity index is 0.000000379. The summed E-state index contributed by atoms with van der Waals surface area (Å²) in [5.74, 6) is -0.218. The summed E-state index contributed by atoms with van der Waals surface area (Å²) in [7, 11) is 0. The predicted molar refractivity (Wildman–Crippen MR) is 134 cm³/mol. The molecule has 1 aliphatic carbocycles. The van der Waals surface area contributed by atoms with E-state index in [-0.39, 0.29) is 28.6 Å². The molecule has 0 unspecified atom stereocenters. The maximum atomic E-state index is 13.5. The Labute approximate surface area is 220 Å². The van der Waals surface area contributed by atoms with Crippen LogP contribution in [0.1, 0.15) is 72.5 Å². The number of alkyl halides is 5. The molecule has 4 aromatic rings. The Kier molecular flexibility index (Phi) is 8.66. The largest absolute Gasteiger partial charge is 0.418 e. The van der Waals surface area contributed by atoms with E-state index in [0.717, 1.165) is 60.6 Å². The minimum Gasteiger partial charge on any atom is -0.285 e. The van der Waals surface area contributed by atoms with Crippen molar-refractivity contribution < 1.29 is 26.3 Å². The summed E-state index contributed by atoms with van der Waals surface area (Å²) >= 11 is 0. The van der Waals surface area contributed by atoms with Crippen LogP contribution in [0.25, 0.3) is 11.2 Å². The molecule has 1 fully saturated rings. The molecule has 0 atom stereocenters. The monoisotopic (exact) mass is 548 g/mol. The standard InChI is InChI=1S/C21H19F5N4O.C7H7F/c22-18(23)16-10-28-15-9-13(12-5-2-1-3-6-12)20(31)30(19(15)29-16)11-17-14(21(24,25)26)7-4-8-27-17;1-6-3-2-4-7(8)5-6/h4,7-10,12,18H,1-3,5-6,11H2;2-5H,1H3. The molecule has 0 bridgehead atoms. The van der Waals surface area contributed by atoms with E-state index in [1.165, 1.54) is 24.4 Å².